The smallest absolute Gasteiger partial charge is 0.0406 e. The van der Waals surface area contributed by atoms with Crippen LogP contribution in [0.1, 0.15) is 18.1 Å². The normalized spacial score (nSPS) is 11.3. The predicted octanol–water partition coefficient (Wildman–Crippen LogP) is 5.89. The summed E-state index contributed by atoms with van der Waals surface area (Å²) < 4.78 is 0. The molecule has 1 nitrogen and oxygen atoms in total. The van der Waals surface area contributed by atoms with Gasteiger partial charge in [-0.05, 0) is 41.8 Å². The lowest BCUT2D eigenvalue weighted by Gasteiger charge is -2.11. The standard InChI is InChI=1S/C22H21N.H2/c1-18-12-14-22(15-13-18)23-17-21(20-10-6-3-7-11-20)16-19-8-4-2-5-9-19;/h2-16,23H,17H2,1H3;1H/b21-16-;. The number of rotatable bonds is 5. The summed E-state index contributed by atoms with van der Waals surface area (Å²) >= 11 is 0. The molecule has 0 aliphatic rings. The third kappa shape index (κ3) is 4.33. The zero-order valence-electron chi connectivity index (χ0n) is 13.4. The van der Waals surface area contributed by atoms with Crippen molar-refractivity contribution in [3.63, 3.8) is 0 Å². The van der Waals surface area contributed by atoms with Crippen LogP contribution in [0.5, 0.6) is 0 Å². The van der Waals surface area contributed by atoms with E-state index in [-0.39, 0.29) is 1.43 Å². The number of hydrogen-bond donors (Lipinski definition) is 1. The molecular formula is C22H23N. The average molecular weight is 301 g/mol. The number of anilines is 1. The summed E-state index contributed by atoms with van der Waals surface area (Å²) in [5, 5.41) is 3.52. The molecule has 0 saturated heterocycles. The van der Waals surface area contributed by atoms with Gasteiger partial charge in [-0.15, -0.1) is 0 Å². The Balaban J connectivity index is 0.00000208. The van der Waals surface area contributed by atoms with Crippen molar-refractivity contribution in [3.8, 4) is 0 Å². The molecule has 0 unspecified atom stereocenters. The molecule has 3 rings (SSSR count). The second-order valence-electron chi connectivity index (χ2n) is 5.67. The van der Waals surface area contributed by atoms with Gasteiger partial charge in [-0.2, -0.15) is 0 Å². The van der Waals surface area contributed by atoms with Crippen LogP contribution in [0.3, 0.4) is 0 Å². The molecule has 0 aromatic heterocycles. The van der Waals surface area contributed by atoms with Crippen molar-refractivity contribution < 1.29 is 1.43 Å². The monoisotopic (exact) mass is 301 g/mol. The lowest BCUT2D eigenvalue weighted by atomic mass is 10.0. The average Bonchev–Trinajstić information content (AvgIpc) is 2.61. The molecule has 0 atom stereocenters. The van der Waals surface area contributed by atoms with E-state index in [0.717, 1.165) is 12.2 Å². The van der Waals surface area contributed by atoms with Gasteiger partial charge < -0.3 is 5.32 Å². The van der Waals surface area contributed by atoms with E-state index in [0.29, 0.717) is 0 Å². The fourth-order valence-corrected chi connectivity index (χ4v) is 2.51. The maximum absolute atomic E-state index is 3.52. The molecule has 3 aromatic rings. The van der Waals surface area contributed by atoms with E-state index in [1.54, 1.807) is 0 Å². The number of aryl methyl sites for hydroxylation is 1. The van der Waals surface area contributed by atoms with Crippen molar-refractivity contribution in [3.05, 3.63) is 102 Å². The minimum Gasteiger partial charge on any atom is -0.381 e. The Morgan fingerprint density at radius 3 is 2.09 bits per heavy atom. The number of benzene rings is 3. The molecule has 0 bridgehead atoms. The molecule has 1 heteroatoms. The number of nitrogens with one attached hydrogen (secondary N) is 1. The summed E-state index contributed by atoms with van der Waals surface area (Å²) in [7, 11) is 0. The Hall–Kier alpha value is -2.80. The third-order valence-corrected chi connectivity index (χ3v) is 3.82. The quantitative estimate of drug-likeness (QED) is 0.579. The van der Waals surface area contributed by atoms with E-state index >= 15 is 0 Å². The topological polar surface area (TPSA) is 12.0 Å². The van der Waals surface area contributed by atoms with Crippen LogP contribution in [0.25, 0.3) is 11.6 Å². The van der Waals surface area contributed by atoms with Crippen LogP contribution in [-0.4, -0.2) is 6.54 Å². The first-order chi connectivity index (χ1) is 11.3. The second-order valence-corrected chi connectivity index (χ2v) is 5.67. The Bertz CT molecular complexity index is 762. The van der Waals surface area contributed by atoms with Gasteiger partial charge in [-0.25, -0.2) is 0 Å². The highest BCUT2D eigenvalue weighted by molar-refractivity contribution is 5.83. The summed E-state index contributed by atoms with van der Waals surface area (Å²) in [4.78, 5) is 0. The molecule has 116 valence electrons. The first kappa shape index (κ1) is 15.1. The van der Waals surface area contributed by atoms with E-state index in [9.17, 15) is 0 Å². The van der Waals surface area contributed by atoms with Gasteiger partial charge in [0.15, 0.2) is 0 Å². The van der Waals surface area contributed by atoms with Crippen molar-refractivity contribution in [1.82, 2.24) is 0 Å². The fraction of sp³-hybridized carbons (Fsp3) is 0.0909. The van der Waals surface area contributed by atoms with Gasteiger partial charge in [-0.1, -0.05) is 78.4 Å². The summed E-state index contributed by atoms with van der Waals surface area (Å²) in [6.07, 6.45) is 2.25. The molecule has 0 amide bonds. The molecule has 3 aromatic carbocycles. The van der Waals surface area contributed by atoms with Gasteiger partial charge in [-0.3, -0.25) is 0 Å². The van der Waals surface area contributed by atoms with Crippen LogP contribution >= 0.6 is 0 Å². The van der Waals surface area contributed by atoms with Crippen LogP contribution < -0.4 is 5.32 Å². The highest BCUT2D eigenvalue weighted by Gasteiger charge is 2.02. The molecule has 0 radical (unpaired) electrons. The molecule has 0 heterocycles. The molecule has 23 heavy (non-hydrogen) atoms. The first-order valence-corrected chi connectivity index (χ1v) is 7.93. The van der Waals surface area contributed by atoms with Crippen LogP contribution in [-0.2, 0) is 0 Å². The van der Waals surface area contributed by atoms with Gasteiger partial charge in [0.1, 0.15) is 0 Å². The van der Waals surface area contributed by atoms with Crippen molar-refractivity contribution in [2.45, 2.75) is 6.92 Å². The van der Waals surface area contributed by atoms with Gasteiger partial charge in [0.05, 0.1) is 0 Å². The van der Waals surface area contributed by atoms with Gasteiger partial charge in [0.25, 0.3) is 0 Å². The van der Waals surface area contributed by atoms with Crippen LogP contribution in [0.2, 0.25) is 0 Å². The van der Waals surface area contributed by atoms with Gasteiger partial charge >= 0.3 is 0 Å². The van der Waals surface area contributed by atoms with Gasteiger partial charge in [0.2, 0.25) is 0 Å². The summed E-state index contributed by atoms with van der Waals surface area (Å²) in [6, 6.07) is 29.5. The molecule has 0 aliphatic carbocycles. The van der Waals surface area contributed by atoms with E-state index in [2.05, 4.69) is 97.2 Å². The molecule has 1 N–H and O–H groups in total. The Kier molecular flexibility index (Phi) is 4.90. The van der Waals surface area contributed by atoms with E-state index < -0.39 is 0 Å². The molecule has 0 aliphatic heterocycles. The fourth-order valence-electron chi connectivity index (χ4n) is 2.51. The highest BCUT2D eigenvalue weighted by atomic mass is 14.9. The maximum Gasteiger partial charge on any atom is 0.0406 e. The number of hydrogen-bond acceptors (Lipinski definition) is 1. The van der Waals surface area contributed by atoms with Crippen molar-refractivity contribution in [2.75, 3.05) is 11.9 Å². The minimum atomic E-state index is 0. The van der Waals surface area contributed by atoms with E-state index in [1.165, 1.54) is 22.3 Å². The lowest BCUT2D eigenvalue weighted by molar-refractivity contribution is 1.33. The maximum atomic E-state index is 3.52. The zero-order chi connectivity index (χ0) is 15.9. The second kappa shape index (κ2) is 7.46. The zero-order valence-corrected chi connectivity index (χ0v) is 13.4. The van der Waals surface area contributed by atoms with Crippen LogP contribution in [0.15, 0.2) is 84.9 Å². The largest absolute Gasteiger partial charge is 0.381 e. The van der Waals surface area contributed by atoms with Crippen molar-refractivity contribution in [1.29, 1.82) is 0 Å². The van der Waals surface area contributed by atoms with E-state index in [1.807, 2.05) is 6.07 Å². The van der Waals surface area contributed by atoms with E-state index in [4.69, 9.17) is 0 Å². The minimum absolute atomic E-state index is 0. The summed E-state index contributed by atoms with van der Waals surface area (Å²) in [6.45, 7) is 2.90. The SMILES string of the molecule is Cc1ccc(NC/C(=C/c2ccccc2)c2ccccc2)cc1.[HH]. The Morgan fingerprint density at radius 2 is 1.43 bits per heavy atom. The molecule has 0 fully saturated rings. The molecule has 0 saturated carbocycles. The summed E-state index contributed by atoms with van der Waals surface area (Å²) in [5.74, 6) is 0. The lowest BCUT2D eigenvalue weighted by Crippen LogP contribution is -2.04. The van der Waals surface area contributed by atoms with Crippen molar-refractivity contribution in [2.24, 2.45) is 0 Å². The summed E-state index contributed by atoms with van der Waals surface area (Å²) in [5.41, 5.74) is 6.16. The third-order valence-electron chi connectivity index (χ3n) is 3.82. The van der Waals surface area contributed by atoms with Crippen LogP contribution in [0, 0.1) is 6.92 Å². The first-order valence-electron chi connectivity index (χ1n) is 7.93. The Morgan fingerprint density at radius 1 is 0.826 bits per heavy atom. The van der Waals surface area contributed by atoms with Gasteiger partial charge in [0, 0.05) is 13.7 Å². The highest BCUT2D eigenvalue weighted by Crippen LogP contribution is 2.19. The Labute approximate surface area is 139 Å². The molecule has 0 spiro atoms. The van der Waals surface area contributed by atoms with Crippen LogP contribution in [0.4, 0.5) is 5.69 Å². The predicted molar refractivity (Wildman–Crippen MR) is 103 cm³/mol. The van der Waals surface area contributed by atoms with Crippen molar-refractivity contribution >= 4 is 17.3 Å². The molecular weight excluding hydrogens is 278 g/mol.